The number of carbonyl (C=O) groups excluding carboxylic acids is 3. The molecule has 1 N–H and O–H groups in total. The highest BCUT2D eigenvalue weighted by Crippen LogP contribution is 2.64. The highest BCUT2D eigenvalue weighted by molar-refractivity contribution is 6.31. The van der Waals surface area contributed by atoms with Crippen LogP contribution in [0.3, 0.4) is 0 Å². The Hall–Kier alpha value is -5.22. The van der Waals surface area contributed by atoms with Gasteiger partial charge in [0.2, 0.25) is 11.8 Å². The van der Waals surface area contributed by atoms with E-state index in [1.54, 1.807) is 12.1 Å². The average Bonchev–Trinajstić information content (AvgIpc) is 3.28. The van der Waals surface area contributed by atoms with Crippen molar-refractivity contribution in [1.82, 2.24) is 10.4 Å². The van der Waals surface area contributed by atoms with Crippen LogP contribution < -0.4 is 10.3 Å². The Balaban J connectivity index is 1.42. The van der Waals surface area contributed by atoms with Gasteiger partial charge in [-0.15, -0.1) is 0 Å². The fraction of sp³-hybridized carbons (Fsp3) is 0.129. The van der Waals surface area contributed by atoms with Crippen molar-refractivity contribution in [2.24, 2.45) is 16.9 Å². The third kappa shape index (κ3) is 3.48. The molecule has 3 amide bonds. The number of rotatable bonds is 5. The van der Waals surface area contributed by atoms with Gasteiger partial charge in [-0.05, 0) is 46.5 Å². The first-order valence-electron chi connectivity index (χ1n) is 13.1. The van der Waals surface area contributed by atoms with E-state index in [9.17, 15) is 24.5 Å². The lowest BCUT2D eigenvalue weighted by Crippen LogP contribution is -2.54. The molecule has 11 heteroatoms. The van der Waals surface area contributed by atoms with Gasteiger partial charge in [-0.25, -0.2) is 10.3 Å². The van der Waals surface area contributed by atoms with Crippen molar-refractivity contribution >= 4 is 46.9 Å². The van der Waals surface area contributed by atoms with E-state index in [1.165, 1.54) is 30.7 Å². The number of nitro groups is 1. The fourth-order valence-corrected chi connectivity index (χ4v) is 7.05. The first kappa shape index (κ1) is 25.7. The molecule has 3 aliphatic carbocycles. The molecule has 0 spiro atoms. The normalized spacial score (nSPS) is 23.5. The number of hydrazone groups is 1. The molecular formula is C31H20ClN5O5. The van der Waals surface area contributed by atoms with Crippen LogP contribution in [0.5, 0.6) is 0 Å². The average molecular weight is 578 g/mol. The molecule has 1 aromatic heterocycles. The van der Waals surface area contributed by atoms with Crippen molar-refractivity contribution in [3.05, 3.63) is 134 Å². The smallest absolute Gasteiger partial charge is 0.274 e. The van der Waals surface area contributed by atoms with Crippen LogP contribution in [0.2, 0.25) is 5.02 Å². The molecule has 0 radical (unpaired) electrons. The van der Waals surface area contributed by atoms with Gasteiger partial charge < -0.3 is 0 Å². The van der Waals surface area contributed by atoms with Crippen molar-refractivity contribution in [2.75, 3.05) is 4.90 Å². The predicted octanol–water partition coefficient (Wildman–Crippen LogP) is 4.61. The lowest BCUT2D eigenvalue weighted by Gasteiger charge is -2.52. The summed E-state index contributed by atoms with van der Waals surface area (Å²) in [5.74, 6) is -3.90. The summed E-state index contributed by atoms with van der Waals surface area (Å²) < 4.78 is 0. The zero-order chi connectivity index (χ0) is 29.2. The number of carbonyl (C=O) groups is 3. The van der Waals surface area contributed by atoms with Gasteiger partial charge >= 0.3 is 0 Å². The minimum atomic E-state index is -1.25. The standard InChI is InChI=1S/C31H20ClN5O5/c32-18-9-10-23(24(15-18)37(41)42)36-29(39)26-25-19-5-1-3-7-21(19)31(27(26)30(36)40,22-8-4-2-6-20(22)25)16-34-35-28(38)17-11-13-33-14-12-17/h1-16,25-27H,(H,35,38)/b34-16-/t25?,26-,27+,31?/m0/s1. The molecular weight excluding hydrogens is 558 g/mol. The number of pyridine rings is 1. The first-order chi connectivity index (χ1) is 20.3. The summed E-state index contributed by atoms with van der Waals surface area (Å²) in [5.41, 5.74) is 4.35. The molecule has 2 atom stereocenters. The Labute approximate surface area is 243 Å². The molecule has 4 aliphatic rings. The largest absolute Gasteiger partial charge is 0.294 e. The van der Waals surface area contributed by atoms with Gasteiger partial charge in [-0.3, -0.25) is 29.5 Å². The van der Waals surface area contributed by atoms with Crippen molar-refractivity contribution in [3.8, 4) is 0 Å². The number of nitrogens with zero attached hydrogens (tertiary/aromatic N) is 4. The summed E-state index contributed by atoms with van der Waals surface area (Å²) in [5, 5.41) is 16.4. The third-order valence-electron chi connectivity index (χ3n) is 8.44. The number of anilines is 1. The van der Waals surface area contributed by atoms with Crippen LogP contribution in [0, 0.1) is 22.0 Å². The van der Waals surface area contributed by atoms with E-state index in [4.69, 9.17) is 11.6 Å². The molecule has 1 fully saturated rings. The van der Waals surface area contributed by atoms with E-state index in [1.807, 2.05) is 48.5 Å². The van der Waals surface area contributed by atoms with Gasteiger partial charge in [0.15, 0.2) is 0 Å². The lowest BCUT2D eigenvalue weighted by molar-refractivity contribution is -0.384. The van der Waals surface area contributed by atoms with Crippen molar-refractivity contribution in [3.63, 3.8) is 0 Å². The molecule has 0 unspecified atom stereocenters. The van der Waals surface area contributed by atoms with Crippen LogP contribution in [0.25, 0.3) is 0 Å². The highest BCUT2D eigenvalue weighted by atomic mass is 35.5. The second-order valence-electron chi connectivity index (χ2n) is 10.4. The van der Waals surface area contributed by atoms with E-state index in [0.29, 0.717) is 5.56 Å². The maximum absolute atomic E-state index is 14.4. The van der Waals surface area contributed by atoms with E-state index in [2.05, 4.69) is 15.5 Å². The predicted molar refractivity (Wildman–Crippen MR) is 153 cm³/mol. The zero-order valence-electron chi connectivity index (χ0n) is 21.7. The van der Waals surface area contributed by atoms with E-state index >= 15 is 0 Å². The van der Waals surface area contributed by atoms with Crippen LogP contribution in [-0.4, -0.2) is 33.8 Å². The number of benzene rings is 3. The zero-order valence-corrected chi connectivity index (χ0v) is 22.4. The van der Waals surface area contributed by atoms with Gasteiger partial charge in [-0.2, -0.15) is 5.10 Å². The molecule has 42 heavy (non-hydrogen) atoms. The van der Waals surface area contributed by atoms with Crippen LogP contribution in [0.15, 0.2) is 96.4 Å². The minimum absolute atomic E-state index is 0.107. The van der Waals surface area contributed by atoms with Crippen LogP contribution in [0.1, 0.15) is 38.5 Å². The van der Waals surface area contributed by atoms with E-state index in [-0.39, 0.29) is 10.7 Å². The molecule has 8 rings (SSSR count). The lowest BCUT2D eigenvalue weighted by atomic mass is 9.47. The number of amides is 3. The second-order valence-corrected chi connectivity index (χ2v) is 10.8. The molecule has 3 aromatic carbocycles. The SMILES string of the molecule is O=C(N/N=C\C12c3ccccc3C(c3ccccc31)[C@@H]1C(=O)N(c3ccc(Cl)cc3[N+](=O)[O-])C(=O)[C@@H]12)c1ccncc1. The summed E-state index contributed by atoms with van der Waals surface area (Å²) in [6.45, 7) is 0. The van der Waals surface area contributed by atoms with Gasteiger partial charge in [0.25, 0.3) is 11.6 Å². The van der Waals surface area contributed by atoms with Gasteiger partial charge in [0, 0.05) is 41.2 Å². The first-order valence-corrected chi connectivity index (χ1v) is 13.5. The van der Waals surface area contributed by atoms with Crippen LogP contribution >= 0.6 is 11.6 Å². The molecule has 1 saturated heterocycles. The quantitative estimate of drug-likeness (QED) is 0.159. The molecule has 4 aromatic rings. The monoisotopic (exact) mass is 577 g/mol. The van der Waals surface area contributed by atoms with Gasteiger partial charge in [0.1, 0.15) is 5.69 Å². The third-order valence-corrected chi connectivity index (χ3v) is 8.67. The summed E-state index contributed by atoms with van der Waals surface area (Å²) in [6, 6.07) is 22.1. The van der Waals surface area contributed by atoms with Crippen molar-refractivity contribution < 1.29 is 19.3 Å². The Morgan fingerprint density at radius 1 is 0.976 bits per heavy atom. The maximum Gasteiger partial charge on any atom is 0.294 e. The molecule has 10 nitrogen and oxygen atoms in total. The van der Waals surface area contributed by atoms with Crippen LogP contribution in [0.4, 0.5) is 11.4 Å². The number of nitrogens with one attached hydrogen (secondary N) is 1. The minimum Gasteiger partial charge on any atom is -0.274 e. The number of hydrogen-bond acceptors (Lipinski definition) is 7. The Morgan fingerprint density at radius 2 is 1.62 bits per heavy atom. The van der Waals surface area contributed by atoms with E-state index in [0.717, 1.165) is 33.2 Å². The highest BCUT2D eigenvalue weighted by Gasteiger charge is 2.68. The van der Waals surface area contributed by atoms with Crippen molar-refractivity contribution in [2.45, 2.75) is 11.3 Å². The maximum atomic E-state index is 14.4. The molecule has 2 heterocycles. The molecule has 206 valence electrons. The topological polar surface area (TPSA) is 135 Å². The summed E-state index contributed by atoms with van der Waals surface area (Å²) in [6.07, 6.45) is 4.51. The number of nitro benzene ring substituents is 1. The van der Waals surface area contributed by atoms with Gasteiger partial charge in [-0.1, -0.05) is 60.1 Å². The number of halogens is 1. The Morgan fingerprint density at radius 3 is 2.26 bits per heavy atom. The van der Waals surface area contributed by atoms with Gasteiger partial charge in [0.05, 0.1) is 22.2 Å². The second kappa shape index (κ2) is 9.42. The van der Waals surface area contributed by atoms with Crippen LogP contribution in [-0.2, 0) is 15.0 Å². The summed E-state index contributed by atoms with van der Waals surface area (Å²) >= 11 is 6.04. The number of imide groups is 1. The van der Waals surface area contributed by atoms with Crippen molar-refractivity contribution in [1.29, 1.82) is 0 Å². The number of hydrogen-bond donors (Lipinski definition) is 1. The summed E-state index contributed by atoms with van der Waals surface area (Å²) in [4.78, 5) is 57.7. The molecule has 2 bridgehead atoms. The summed E-state index contributed by atoms with van der Waals surface area (Å²) in [7, 11) is 0. The fourth-order valence-electron chi connectivity index (χ4n) is 6.88. The number of aromatic nitrogens is 1. The molecule has 1 aliphatic heterocycles. The Kier molecular flexibility index (Phi) is 5.77. The van der Waals surface area contributed by atoms with E-state index < -0.39 is 51.5 Å². The Bertz CT molecular complexity index is 1810. The molecule has 0 saturated carbocycles.